The van der Waals surface area contributed by atoms with Crippen LogP contribution in [-0.2, 0) is 0 Å². The van der Waals surface area contributed by atoms with Crippen LogP contribution in [0.25, 0.3) is 5.70 Å². The smallest absolute Gasteiger partial charge is 0.141 e. The van der Waals surface area contributed by atoms with Crippen LogP contribution in [-0.4, -0.2) is 14.9 Å². The van der Waals surface area contributed by atoms with E-state index in [2.05, 4.69) is 18.3 Å². The maximum absolute atomic E-state index is 13.0. The summed E-state index contributed by atoms with van der Waals surface area (Å²) in [7, 11) is 0. The molecule has 0 spiro atoms. The summed E-state index contributed by atoms with van der Waals surface area (Å²) in [4.78, 5) is 0. The molecule has 0 fully saturated rings. The molecular formula is C11H13FN2O. The number of hydrogen-bond acceptors (Lipinski definition) is 2. The number of allylic oxidation sites excluding steroid dienone is 4. The van der Waals surface area contributed by atoms with Gasteiger partial charge in [-0.25, -0.2) is 9.07 Å². The summed E-state index contributed by atoms with van der Waals surface area (Å²) in [6.07, 6.45) is 5.30. The molecule has 0 amide bonds. The van der Waals surface area contributed by atoms with E-state index in [9.17, 15) is 9.50 Å². The van der Waals surface area contributed by atoms with Crippen LogP contribution in [0.5, 0.6) is 0 Å². The van der Waals surface area contributed by atoms with Crippen molar-refractivity contribution in [1.82, 2.24) is 9.78 Å². The number of aliphatic hydroxyl groups excluding tert-OH is 1. The molecule has 1 aromatic rings. The second-order valence-corrected chi connectivity index (χ2v) is 3.09. The van der Waals surface area contributed by atoms with Gasteiger partial charge >= 0.3 is 0 Å². The predicted molar refractivity (Wildman–Crippen MR) is 57.6 cm³/mol. The van der Waals surface area contributed by atoms with Crippen molar-refractivity contribution < 1.29 is 9.50 Å². The van der Waals surface area contributed by atoms with Gasteiger partial charge in [0.2, 0.25) is 0 Å². The minimum Gasteiger partial charge on any atom is -0.389 e. The van der Waals surface area contributed by atoms with E-state index in [1.54, 1.807) is 13.1 Å². The molecule has 0 saturated heterocycles. The number of nitrogens with zero attached hydrogens (tertiary/aromatic N) is 2. The van der Waals surface area contributed by atoms with Gasteiger partial charge in [-0.3, -0.25) is 0 Å². The van der Waals surface area contributed by atoms with Crippen molar-refractivity contribution in [3.05, 3.63) is 49.1 Å². The first-order valence-electron chi connectivity index (χ1n) is 4.46. The quantitative estimate of drug-likeness (QED) is 0.772. The van der Waals surface area contributed by atoms with Gasteiger partial charge in [0, 0.05) is 11.8 Å². The molecule has 80 valence electrons. The van der Waals surface area contributed by atoms with Gasteiger partial charge in [-0.2, -0.15) is 5.10 Å². The molecule has 0 aliphatic heterocycles. The molecule has 1 atom stereocenters. The zero-order chi connectivity index (χ0) is 11.4. The van der Waals surface area contributed by atoms with E-state index in [-0.39, 0.29) is 5.70 Å². The average molecular weight is 208 g/mol. The van der Waals surface area contributed by atoms with Crippen molar-refractivity contribution in [1.29, 1.82) is 0 Å². The molecule has 0 saturated carbocycles. The molecule has 1 aromatic heterocycles. The monoisotopic (exact) mass is 208 g/mol. The molecule has 1 heterocycles. The fourth-order valence-electron chi connectivity index (χ4n) is 1.09. The van der Waals surface area contributed by atoms with Crippen molar-refractivity contribution in [2.45, 2.75) is 13.0 Å². The largest absolute Gasteiger partial charge is 0.389 e. The number of rotatable bonds is 4. The first-order chi connectivity index (χ1) is 7.06. The van der Waals surface area contributed by atoms with Gasteiger partial charge in [0.15, 0.2) is 0 Å². The highest BCUT2D eigenvalue weighted by Gasteiger charge is 2.08. The Morgan fingerprint density at radius 3 is 2.80 bits per heavy atom. The average Bonchev–Trinajstić information content (AvgIpc) is 2.62. The fourth-order valence-corrected chi connectivity index (χ4v) is 1.09. The van der Waals surface area contributed by atoms with Gasteiger partial charge in [-0.1, -0.05) is 19.2 Å². The van der Waals surface area contributed by atoms with Crippen LogP contribution in [0.4, 0.5) is 4.39 Å². The Balaban J connectivity index is 3.08. The number of aromatic nitrogens is 2. The highest BCUT2D eigenvalue weighted by Crippen LogP contribution is 2.18. The predicted octanol–water partition coefficient (Wildman–Crippen LogP) is 2.45. The lowest BCUT2D eigenvalue weighted by Crippen LogP contribution is -1.97. The normalized spacial score (nSPS) is 13.7. The van der Waals surface area contributed by atoms with Gasteiger partial charge < -0.3 is 5.11 Å². The van der Waals surface area contributed by atoms with Gasteiger partial charge in [0.1, 0.15) is 5.83 Å². The zero-order valence-corrected chi connectivity index (χ0v) is 8.52. The first-order valence-corrected chi connectivity index (χ1v) is 4.46. The summed E-state index contributed by atoms with van der Waals surface area (Å²) in [5.74, 6) is -0.602. The van der Waals surface area contributed by atoms with E-state index in [1.807, 2.05) is 0 Å². The lowest BCUT2D eigenvalue weighted by atomic mass is 10.2. The van der Waals surface area contributed by atoms with Crippen molar-refractivity contribution in [3.8, 4) is 0 Å². The molecule has 1 rings (SSSR count). The molecule has 0 aliphatic rings. The minimum atomic E-state index is -0.628. The van der Waals surface area contributed by atoms with Crippen LogP contribution < -0.4 is 0 Å². The van der Waals surface area contributed by atoms with Crippen molar-refractivity contribution >= 4 is 5.70 Å². The summed E-state index contributed by atoms with van der Waals surface area (Å²) in [6.45, 7) is 8.29. The first kappa shape index (κ1) is 11.4. The fraction of sp³-hybridized carbons (Fsp3) is 0.182. The van der Waals surface area contributed by atoms with E-state index in [0.29, 0.717) is 5.56 Å². The van der Waals surface area contributed by atoms with Crippen LogP contribution >= 0.6 is 0 Å². The molecule has 4 heteroatoms. The van der Waals surface area contributed by atoms with Crippen molar-refractivity contribution in [2.75, 3.05) is 0 Å². The van der Waals surface area contributed by atoms with Gasteiger partial charge in [-0.15, -0.1) is 0 Å². The Hall–Kier alpha value is -1.68. The van der Waals surface area contributed by atoms with Gasteiger partial charge in [0.05, 0.1) is 18.0 Å². The van der Waals surface area contributed by atoms with Gasteiger partial charge in [0.25, 0.3) is 0 Å². The molecule has 1 unspecified atom stereocenters. The third-order valence-corrected chi connectivity index (χ3v) is 1.89. The summed E-state index contributed by atoms with van der Waals surface area (Å²) in [5, 5.41) is 13.2. The Bertz CT molecular complexity index is 404. The second-order valence-electron chi connectivity index (χ2n) is 3.09. The van der Waals surface area contributed by atoms with Crippen LogP contribution in [0.15, 0.2) is 43.5 Å². The van der Waals surface area contributed by atoms with E-state index in [0.717, 1.165) is 0 Å². The zero-order valence-electron chi connectivity index (χ0n) is 8.52. The summed E-state index contributed by atoms with van der Waals surface area (Å²) < 4.78 is 14.3. The van der Waals surface area contributed by atoms with E-state index in [4.69, 9.17) is 0 Å². The molecular weight excluding hydrogens is 195 g/mol. The number of aliphatic hydroxyl groups is 1. The van der Waals surface area contributed by atoms with Crippen LogP contribution in [0.1, 0.15) is 18.6 Å². The number of hydrogen-bond donors (Lipinski definition) is 1. The summed E-state index contributed by atoms with van der Waals surface area (Å²) >= 11 is 0. The SMILES string of the molecule is C=C/C=C(\C(=C)F)n1cc(C(C)O)cn1. The highest BCUT2D eigenvalue weighted by atomic mass is 19.1. The van der Waals surface area contributed by atoms with E-state index in [1.165, 1.54) is 23.0 Å². The Morgan fingerprint density at radius 2 is 2.40 bits per heavy atom. The molecule has 1 N–H and O–H groups in total. The van der Waals surface area contributed by atoms with Crippen molar-refractivity contribution in [2.24, 2.45) is 0 Å². The lowest BCUT2D eigenvalue weighted by Gasteiger charge is -2.03. The maximum Gasteiger partial charge on any atom is 0.141 e. The number of halogens is 1. The maximum atomic E-state index is 13.0. The molecule has 0 aromatic carbocycles. The minimum absolute atomic E-state index is 0.205. The second kappa shape index (κ2) is 4.70. The van der Waals surface area contributed by atoms with Crippen LogP contribution in [0.2, 0.25) is 0 Å². The standard InChI is InChI=1S/C11H13FN2O/c1-4-5-11(8(2)12)14-7-10(6-13-14)9(3)15/h4-7,9,15H,1-2H2,3H3/b11-5+. The van der Waals surface area contributed by atoms with Gasteiger partial charge in [-0.05, 0) is 13.0 Å². The van der Waals surface area contributed by atoms with Crippen molar-refractivity contribution in [3.63, 3.8) is 0 Å². The molecule has 15 heavy (non-hydrogen) atoms. The Labute approximate surface area is 87.8 Å². The molecule has 0 bridgehead atoms. The summed E-state index contributed by atoms with van der Waals surface area (Å²) in [6, 6.07) is 0. The Kier molecular flexibility index (Phi) is 3.57. The third-order valence-electron chi connectivity index (χ3n) is 1.89. The van der Waals surface area contributed by atoms with Crippen LogP contribution in [0, 0.1) is 0 Å². The molecule has 3 nitrogen and oxygen atoms in total. The lowest BCUT2D eigenvalue weighted by molar-refractivity contribution is 0.199. The summed E-state index contributed by atoms with van der Waals surface area (Å²) in [5.41, 5.74) is 0.822. The van der Waals surface area contributed by atoms with E-state index >= 15 is 0 Å². The van der Waals surface area contributed by atoms with Crippen LogP contribution in [0.3, 0.4) is 0 Å². The molecule has 0 aliphatic carbocycles. The third kappa shape index (κ3) is 2.63. The highest BCUT2D eigenvalue weighted by molar-refractivity contribution is 5.61. The topological polar surface area (TPSA) is 38.0 Å². The Morgan fingerprint density at radius 1 is 1.73 bits per heavy atom. The van der Waals surface area contributed by atoms with E-state index < -0.39 is 11.9 Å². The molecule has 0 radical (unpaired) electrons.